The van der Waals surface area contributed by atoms with E-state index in [1.807, 2.05) is 12.1 Å². The molecular formula is C17H16N4O3. The first-order chi connectivity index (χ1) is 11.7. The molecule has 0 saturated carbocycles. The number of methoxy groups -OCH3 is 1. The van der Waals surface area contributed by atoms with Crippen molar-refractivity contribution in [2.45, 2.75) is 12.5 Å². The van der Waals surface area contributed by atoms with Gasteiger partial charge in [-0.15, -0.1) is 0 Å². The quantitative estimate of drug-likeness (QED) is 0.849. The summed E-state index contributed by atoms with van der Waals surface area (Å²) < 4.78 is 11.0. The van der Waals surface area contributed by atoms with Crippen molar-refractivity contribution in [3.8, 4) is 17.7 Å². The maximum atomic E-state index is 12.7. The lowest BCUT2D eigenvalue weighted by molar-refractivity contribution is 0.0767. The Labute approximate surface area is 139 Å². The largest absolute Gasteiger partial charge is 0.496 e. The van der Waals surface area contributed by atoms with Gasteiger partial charge in [0.15, 0.2) is 0 Å². The van der Waals surface area contributed by atoms with Crippen LogP contribution in [0.15, 0.2) is 36.7 Å². The fourth-order valence-electron chi connectivity index (χ4n) is 2.65. The third-order valence-electron chi connectivity index (χ3n) is 3.82. The van der Waals surface area contributed by atoms with E-state index in [9.17, 15) is 4.79 Å². The molecule has 1 atom stereocenters. The molecule has 0 aliphatic carbocycles. The summed E-state index contributed by atoms with van der Waals surface area (Å²) in [6, 6.07) is 9.08. The van der Waals surface area contributed by atoms with E-state index in [-0.39, 0.29) is 23.6 Å². The predicted molar refractivity (Wildman–Crippen MR) is 84.7 cm³/mol. The Morgan fingerprint density at radius 1 is 1.33 bits per heavy atom. The van der Waals surface area contributed by atoms with Crippen LogP contribution in [0.25, 0.3) is 0 Å². The monoisotopic (exact) mass is 324 g/mol. The Balaban J connectivity index is 1.69. The first kappa shape index (κ1) is 15.7. The minimum absolute atomic E-state index is 0.0989. The van der Waals surface area contributed by atoms with E-state index in [1.165, 1.54) is 12.4 Å². The van der Waals surface area contributed by atoms with E-state index in [0.29, 0.717) is 30.8 Å². The maximum absolute atomic E-state index is 12.7. The number of amides is 1. The molecule has 0 radical (unpaired) electrons. The molecular weight excluding hydrogens is 308 g/mol. The normalized spacial score (nSPS) is 16.5. The number of hydrogen-bond donors (Lipinski definition) is 0. The van der Waals surface area contributed by atoms with Crippen molar-refractivity contribution in [3.63, 3.8) is 0 Å². The lowest BCUT2D eigenvalue weighted by Crippen LogP contribution is -2.31. The Morgan fingerprint density at radius 2 is 2.12 bits per heavy atom. The molecule has 2 aromatic rings. The van der Waals surface area contributed by atoms with Crippen LogP contribution in [0.5, 0.6) is 11.6 Å². The van der Waals surface area contributed by atoms with Crippen molar-refractivity contribution in [1.82, 2.24) is 14.9 Å². The van der Waals surface area contributed by atoms with E-state index < -0.39 is 0 Å². The molecule has 7 nitrogen and oxygen atoms in total. The van der Waals surface area contributed by atoms with Gasteiger partial charge in [-0.3, -0.25) is 4.79 Å². The van der Waals surface area contributed by atoms with E-state index in [4.69, 9.17) is 14.7 Å². The number of likely N-dealkylation sites (tertiary alicyclic amines) is 1. The molecule has 1 aliphatic rings. The predicted octanol–water partition coefficient (Wildman–Crippen LogP) is 1.65. The maximum Gasteiger partial charge on any atom is 0.257 e. The average molecular weight is 324 g/mol. The fourth-order valence-corrected chi connectivity index (χ4v) is 2.65. The second-order valence-corrected chi connectivity index (χ2v) is 5.30. The van der Waals surface area contributed by atoms with Crippen LogP contribution < -0.4 is 9.47 Å². The van der Waals surface area contributed by atoms with Gasteiger partial charge in [0, 0.05) is 25.4 Å². The Hall–Kier alpha value is -3.14. The zero-order valence-electron chi connectivity index (χ0n) is 13.2. The zero-order valence-corrected chi connectivity index (χ0v) is 13.2. The van der Waals surface area contributed by atoms with E-state index in [0.717, 1.165) is 0 Å². The third kappa shape index (κ3) is 3.13. The van der Waals surface area contributed by atoms with Crippen LogP contribution in [-0.4, -0.2) is 47.1 Å². The van der Waals surface area contributed by atoms with Gasteiger partial charge in [-0.05, 0) is 12.1 Å². The van der Waals surface area contributed by atoms with E-state index in [1.54, 1.807) is 30.2 Å². The number of ether oxygens (including phenoxy) is 2. The highest BCUT2D eigenvalue weighted by atomic mass is 16.5. The van der Waals surface area contributed by atoms with Crippen molar-refractivity contribution in [3.05, 3.63) is 47.9 Å². The molecule has 0 bridgehead atoms. The standard InChI is InChI=1S/C17H16N4O3/c1-23-15-5-3-2-4-13(15)17(22)21-9-6-12(11-21)24-16-14(10-18)19-7-8-20-16/h2-5,7-8,12H,6,9,11H2,1H3. The lowest BCUT2D eigenvalue weighted by Gasteiger charge is -2.18. The van der Waals surface area contributed by atoms with Gasteiger partial charge in [0.1, 0.15) is 17.9 Å². The van der Waals surface area contributed by atoms with Gasteiger partial charge >= 0.3 is 0 Å². The fraction of sp³-hybridized carbons (Fsp3) is 0.294. The highest BCUT2D eigenvalue weighted by molar-refractivity contribution is 5.97. The molecule has 0 spiro atoms. The Bertz CT molecular complexity index is 787. The second kappa shape index (κ2) is 6.96. The van der Waals surface area contributed by atoms with Gasteiger partial charge in [-0.25, -0.2) is 9.97 Å². The number of nitrogens with zero attached hydrogens (tertiary/aromatic N) is 4. The average Bonchev–Trinajstić information content (AvgIpc) is 3.10. The molecule has 122 valence electrons. The van der Waals surface area contributed by atoms with Gasteiger partial charge in [-0.2, -0.15) is 5.26 Å². The van der Waals surface area contributed by atoms with Gasteiger partial charge in [0.25, 0.3) is 11.8 Å². The number of para-hydroxylation sites is 1. The molecule has 1 fully saturated rings. The molecule has 0 N–H and O–H groups in total. The molecule has 1 saturated heterocycles. The second-order valence-electron chi connectivity index (χ2n) is 5.30. The van der Waals surface area contributed by atoms with Crippen molar-refractivity contribution >= 4 is 5.91 Å². The van der Waals surface area contributed by atoms with E-state index in [2.05, 4.69) is 9.97 Å². The first-order valence-corrected chi connectivity index (χ1v) is 7.53. The number of hydrogen-bond acceptors (Lipinski definition) is 6. The van der Waals surface area contributed by atoms with Crippen molar-refractivity contribution in [2.75, 3.05) is 20.2 Å². The SMILES string of the molecule is COc1ccccc1C(=O)N1CCC(Oc2nccnc2C#N)C1. The molecule has 1 amide bonds. The minimum atomic E-state index is -0.215. The van der Waals surface area contributed by atoms with Crippen LogP contribution in [0.4, 0.5) is 0 Å². The van der Waals surface area contributed by atoms with Gasteiger partial charge in [0.2, 0.25) is 5.69 Å². The third-order valence-corrected chi connectivity index (χ3v) is 3.82. The number of benzene rings is 1. The van der Waals surface area contributed by atoms with Gasteiger partial charge in [0.05, 0.1) is 19.2 Å². The highest BCUT2D eigenvalue weighted by Gasteiger charge is 2.30. The van der Waals surface area contributed by atoms with Gasteiger partial charge in [-0.1, -0.05) is 12.1 Å². The summed E-state index contributed by atoms with van der Waals surface area (Å²) in [6.45, 7) is 1.00. The summed E-state index contributed by atoms with van der Waals surface area (Å²) in [6.07, 6.45) is 3.37. The lowest BCUT2D eigenvalue weighted by atomic mass is 10.2. The number of aromatic nitrogens is 2. The van der Waals surface area contributed by atoms with Crippen LogP contribution >= 0.6 is 0 Å². The van der Waals surface area contributed by atoms with Crippen molar-refractivity contribution < 1.29 is 14.3 Å². The van der Waals surface area contributed by atoms with E-state index >= 15 is 0 Å². The highest BCUT2D eigenvalue weighted by Crippen LogP contribution is 2.23. The zero-order chi connectivity index (χ0) is 16.9. The summed E-state index contributed by atoms with van der Waals surface area (Å²) >= 11 is 0. The van der Waals surface area contributed by atoms with Crippen LogP contribution in [0.1, 0.15) is 22.5 Å². The summed E-state index contributed by atoms with van der Waals surface area (Å²) in [5, 5.41) is 9.03. The Morgan fingerprint density at radius 3 is 2.92 bits per heavy atom. The molecule has 2 heterocycles. The summed E-state index contributed by atoms with van der Waals surface area (Å²) in [4.78, 5) is 22.3. The van der Waals surface area contributed by atoms with Gasteiger partial charge < -0.3 is 14.4 Å². The van der Waals surface area contributed by atoms with Crippen molar-refractivity contribution in [1.29, 1.82) is 5.26 Å². The first-order valence-electron chi connectivity index (χ1n) is 7.53. The molecule has 7 heteroatoms. The van der Waals surface area contributed by atoms with Crippen LogP contribution in [-0.2, 0) is 0 Å². The molecule has 1 aromatic carbocycles. The van der Waals surface area contributed by atoms with Crippen molar-refractivity contribution in [2.24, 2.45) is 0 Å². The smallest absolute Gasteiger partial charge is 0.257 e. The summed E-state index contributed by atoms with van der Waals surface area (Å²) in [7, 11) is 1.54. The molecule has 24 heavy (non-hydrogen) atoms. The number of nitriles is 1. The minimum Gasteiger partial charge on any atom is -0.496 e. The Kier molecular flexibility index (Phi) is 4.57. The van der Waals surface area contributed by atoms with Crippen LogP contribution in [0.2, 0.25) is 0 Å². The molecule has 3 rings (SSSR count). The number of carbonyl (C=O) groups is 1. The van der Waals surface area contributed by atoms with Crippen LogP contribution in [0.3, 0.4) is 0 Å². The molecule has 1 unspecified atom stereocenters. The summed E-state index contributed by atoms with van der Waals surface area (Å²) in [5.41, 5.74) is 0.671. The topological polar surface area (TPSA) is 88.3 Å². The van der Waals surface area contributed by atoms with Crippen LogP contribution in [0, 0.1) is 11.3 Å². The summed E-state index contributed by atoms with van der Waals surface area (Å²) in [5.74, 6) is 0.655. The number of rotatable bonds is 4. The molecule has 1 aromatic heterocycles. The number of carbonyl (C=O) groups excluding carboxylic acids is 1. The molecule has 1 aliphatic heterocycles.